The number of pyridine rings is 2. The molecule has 7 heteroatoms. The van der Waals surface area contributed by atoms with Crippen LogP contribution >= 0.6 is 0 Å². The summed E-state index contributed by atoms with van der Waals surface area (Å²) >= 11 is 0. The Bertz CT molecular complexity index is 1290. The Morgan fingerprint density at radius 2 is 2.09 bits per heavy atom. The molecular weight excluding hydrogens is 403 g/mol. The van der Waals surface area contributed by atoms with Crippen LogP contribution in [0.4, 0.5) is 4.39 Å². The van der Waals surface area contributed by atoms with Crippen molar-refractivity contribution in [2.24, 2.45) is 4.99 Å². The van der Waals surface area contributed by atoms with E-state index in [1.807, 2.05) is 30.5 Å². The van der Waals surface area contributed by atoms with Crippen molar-refractivity contribution in [1.82, 2.24) is 19.7 Å². The van der Waals surface area contributed by atoms with Crippen LogP contribution in [0.15, 0.2) is 60.0 Å². The number of nitrogens with zero attached hydrogens (tertiary/aromatic N) is 4. The number of aromatic nitrogens is 3. The molecule has 2 N–H and O–H groups in total. The zero-order chi connectivity index (χ0) is 21.9. The zero-order valence-corrected chi connectivity index (χ0v) is 17.7. The molecule has 1 fully saturated rings. The number of nitrogens with one attached hydrogen (secondary N) is 2. The molecule has 0 saturated carbocycles. The fourth-order valence-corrected chi connectivity index (χ4v) is 4.27. The molecule has 32 heavy (non-hydrogen) atoms. The molecule has 0 radical (unpaired) electrons. The minimum Gasteiger partial charge on any atom is -0.317 e. The van der Waals surface area contributed by atoms with Gasteiger partial charge in [-0.15, -0.1) is 0 Å². The highest BCUT2D eigenvalue weighted by molar-refractivity contribution is 5.89. The maximum absolute atomic E-state index is 14.9. The van der Waals surface area contributed by atoms with Crippen LogP contribution in [-0.4, -0.2) is 45.9 Å². The smallest absolute Gasteiger partial charge is 0.173 e. The van der Waals surface area contributed by atoms with Crippen molar-refractivity contribution in [3.63, 3.8) is 0 Å². The van der Waals surface area contributed by atoms with E-state index in [9.17, 15) is 4.39 Å². The molecule has 3 aromatic heterocycles. The number of rotatable bonds is 6. The van der Waals surface area contributed by atoms with Crippen molar-refractivity contribution >= 4 is 29.0 Å². The summed E-state index contributed by atoms with van der Waals surface area (Å²) in [7, 11) is 0. The van der Waals surface area contributed by atoms with E-state index in [2.05, 4.69) is 26.3 Å². The molecule has 162 valence electrons. The van der Waals surface area contributed by atoms with Gasteiger partial charge in [0.25, 0.3) is 0 Å². The number of hydrogen-bond acceptors (Lipinski definition) is 5. The van der Waals surface area contributed by atoms with Crippen molar-refractivity contribution in [1.29, 1.82) is 5.41 Å². The summed E-state index contributed by atoms with van der Waals surface area (Å²) in [5.41, 5.74) is 3.94. The first-order valence-corrected chi connectivity index (χ1v) is 10.9. The van der Waals surface area contributed by atoms with E-state index in [0.717, 1.165) is 48.1 Å². The molecule has 4 aromatic rings. The van der Waals surface area contributed by atoms with Crippen LogP contribution in [0, 0.1) is 11.2 Å². The van der Waals surface area contributed by atoms with Crippen molar-refractivity contribution < 1.29 is 4.39 Å². The first kappa shape index (κ1) is 20.5. The van der Waals surface area contributed by atoms with Crippen LogP contribution in [0.5, 0.6) is 0 Å². The predicted octanol–water partition coefficient (Wildman–Crippen LogP) is 4.17. The van der Waals surface area contributed by atoms with Crippen molar-refractivity contribution in [3.05, 3.63) is 77.6 Å². The number of imidazole rings is 1. The molecule has 4 heterocycles. The van der Waals surface area contributed by atoms with Gasteiger partial charge in [-0.25, -0.2) is 9.37 Å². The highest BCUT2D eigenvalue weighted by Gasteiger charge is 2.16. The molecule has 6 nitrogen and oxygen atoms in total. The number of aliphatic imine (C=N–C) groups is 1. The Labute approximate surface area is 185 Å². The van der Waals surface area contributed by atoms with Crippen LogP contribution in [-0.2, 0) is 6.42 Å². The Balaban J connectivity index is 1.45. The average Bonchev–Trinajstić information content (AvgIpc) is 3.23. The Morgan fingerprint density at radius 3 is 2.94 bits per heavy atom. The second kappa shape index (κ2) is 8.96. The molecule has 0 spiro atoms. The lowest BCUT2D eigenvalue weighted by atomic mass is 10.0. The Hall–Kier alpha value is -3.45. The van der Waals surface area contributed by atoms with Gasteiger partial charge in [-0.05, 0) is 61.3 Å². The standard InChI is InChI=1S/C25H25FN6/c26-23-12-19(20(13-27)14-30-21-5-8-28-9-6-21)16-32-22(15-31-25(23)32)11-17-3-4-24-18(10-17)2-1-7-29-24/h1-4,7,10,12-16,20-21,27-28H,5-6,8-9,11H2. The molecule has 0 amide bonds. The molecule has 1 saturated heterocycles. The van der Waals surface area contributed by atoms with E-state index in [1.165, 1.54) is 12.3 Å². The molecule has 1 aromatic carbocycles. The average molecular weight is 429 g/mol. The number of fused-ring (bicyclic) bond motifs is 2. The first-order valence-electron chi connectivity index (χ1n) is 10.9. The van der Waals surface area contributed by atoms with Crippen LogP contribution < -0.4 is 5.32 Å². The van der Waals surface area contributed by atoms with Gasteiger partial charge < -0.3 is 15.1 Å². The lowest BCUT2D eigenvalue weighted by Crippen LogP contribution is -2.30. The normalized spacial score (nSPS) is 16.2. The quantitative estimate of drug-likeness (QED) is 0.453. The van der Waals surface area contributed by atoms with Crippen LogP contribution in [0.25, 0.3) is 16.6 Å². The highest BCUT2D eigenvalue weighted by atomic mass is 19.1. The van der Waals surface area contributed by atoms with E-state index in [1.54, 1.807) is 23.0 Å². The maximum Gasteiger partial charge on any atom is 0.173 e. The van der Waals surface area contributed by atoms with Crippen molar-refractivity contribution in [3.8, 4) is 0 Å². The van der Waals surface area contributed by atoms with Gasteiger partial charge in [0.1, 0.15) is 0 Å². The fraction of sp³-hybridized carbons (Fsp3) is 0.280. The van der Waals surface area contributed by atoms with Gasteiger partial charge in [-0.3, -0.25) is 9.98 Å². The van der Waals surface area contributed by atoms with Gasteiger partial charge >= 0.3 is 0 Å². The summed E-state index contributed by atoms with van der Waals surface area (Å²) in [4.78, 5) is 13.3. The third kappa shape index (κ3) is 4.16. The summed E-state index contributed by atoms with van der Waals surface area (Å²) in [6.45, 7) is 1.92. The second-order valence-electron chi connectivity index (χ2n) is 8.24. The van der Waals surface area contributed by atoms with Gasteiger partial charge in [-0.1, -0.05) is 12.1 Å². The monoisotopic (exact) mass is 428 g/mol. The minimum absolute atomic E-state index is 0.262. The van der Waals surface area contributed by atoms with Gasteiger partial charge in [-0.2, -0.15) is 0 Å². The Kier molecular flexibility index (Phi) is 5.73. The molecule has 0 aliphatic carbocycles. The molecule has 0 bridgehead atoms. The molecular formula is C25H25FN6. The lowest BCUT2D eigenvalue weighted by Gasteiger charge is -2.19. The molecule has 1 aliphatic rings. The van der Waals surface area contributed by atoms with E-state index in [0.29, 0.717) is 17.6 Å². The third-order valence-corrected chi connectivity index (χ3v) is 6.04. The lowest BCUT2D eigenvalue weighted by molar-refractivity contribution is 0.460. The maximum atomic E-state index is 14.9. The van der Waals surface area contributed by atoms with E-state index < -0.39 is 5.82 Å². The summed E-state index contributed by atoms with van der Waals surface area (Å²) in [6, 6.07) is 11.8. The molecule has 1 atom stereocenters. The van der Waals surface area contributed by atoms with Gasteiger partial charge in [0, 0.05) is 48.5 Å². The van der Waals surface area contributed by atoms with Crippen molar-refractivity contribution in [2.75, 3.05) is 13.1 Å². The number of benzene rings is 1. The Morgan fingerprint density at radius 1 is 1.22 bits per heavy atom. The number of hydrogen-bond donors (Lipinski definition) is 2. The van der Waals surface area contributed by atoms with Gasteiger partial charge in [0.2, 0.25) is 0 Å². The second-order valence-corrected chi connectivity index (χ2v) is 8.24. The van der Waals surface area contributed by atoms with Crippen LogP contribution in [0.2, 0.25) is 0 Å². The van der Waals surface area contributed by atoms with E-state index >= 15 is 0 Å². The third-order valence-electron chi connectivity index (χ3n) is 6.04. The van der Waals surface area contributed by atoms with Crippen LogP contribution in [0.3, 0.4) is 0 Å². The highest BCUT2D eigenvalue weighted by Crippen LogP contribution is 2.22. The van der Waals surface area contributed by atoms with E-state index in [-0.39, 0.29) is 12.0 Å². The molecule has 1 unspecified atom stereocenters. The number of piperidine rings is 1. The zero-order valence-electron chi connectivity index (χ0n) is 17.7. The van der Waals surface area contributed by atoms with Gasteiger partial charge in [0.05, 0.1) is 17.5 Å². The minimum atomic E-state index is -0.390. The number of halogens is 1. The SMILES string of the molecule is N=CC(C=NC1CCNCC1)c1cc(F)c2ncc(Cc3ccc4ncccc4c3)n2c1. The summed E-state index contributed by atoms with van der Waals surface area (Å²) in [6.07, 6.45) is 11.1. The van der Waals surface area contributed by atoms with Gasteiger partial charge in [0.15, 0.2) is 11.5 Å². The first-order chi connectivity index (χ1) is 15.7. The predicted molar refractivity (Wildman–Crippen MR) is 126 cm³/mol. The molecule has 1 aliphatic heterocycles. The topological polar surface area (TPSA) is 78.4 Å². The fourth-order valence-electron chi connectivity index (χ4n) is 4.27. The van der Waals surface area contributed by atoms with Crippen molar-refractivity contribution in [2.45, 2.75) is 31.2 Å². The van der Waals surface area contributed by atoms with E-state index in [4.69, 9.17) is 5.41 Å². The summed E-state index contributed by atoms with van der Waals surface area (Å²) < 4.78 is 16.7. The summed E-state index contributed by atoms with van der Waals surface area (Å²) in [5, 5.41) is 12.3. The molecule has 5 rings (SSSR count). The largest absolute Gasteiger partial charge is 0.317 e. The van der Waals surface area contributed by atoms with Crippen LogP contribution in [0.1, 0.15) is 35.6 Å². The summed E-state index contributed by atoms with van der Waals surface area (Å²) in [5.74, 6) is -0.760.